The highest BCUT2D eigenvalue weighted by atomic mass is 16.1. The Morgan fingerprint density at radius 2 is 1.19 bits per heavy atom. The Morgan fingerprint density at radius 3 is 1.76 bits per heavy atom. The molecule has 0 atom stereocenters. The monoisotopic (exact) mass is 275 g/mol. The van der Waals surface area contributed by atoms with Crippen LogP contribution in [0.4, 0.5) is 0 Å². The summed E-state index contributed by atoms with van der Waals surface area (Å²) in [6, 6.07) is 19.5. The largest absolute Gasteiger partial charge is 0.358 e. The van der Waals surface area contributed by atoms with E-state index in [9.17, 15) is 9.59 Å². The zero-order valence-corrected chi connectivity index (χ0v) is 11.2. The number of nitrogens with one attached hydrogen (secondary N) is 1. The summed E-state index contributed by atoms with van der Waals surface area (Å²) < 4.78 is 0. The third-order valence-corrected chi connectivity index (χ3v) is 3.29. The molecule has 102 valence electrons. The summed E-state index contributed by atoms with van der Waals surface area (Å²) in [7, 11) is 0. The first-order chi connectivity index (χ1) is 10.3. The van der Waals surface area contributed by atoms with Crippen LogP contribution in [0.2, 0.25) is 0 Å². The lowest BCUT2D eigenvalue weighted by Gasteiger charge is -2.03. The molecule has 3 heteroatoms. The highest BCUT2D eigenvalue weighted by molar-refractivity contribution is 6.18. The van der Waals surface area contributed by atoms with Crippen molar-refractivity contribution in [2.45, 2.75) is 0 Å². The zero-order chi connectivity index (χ0) is 14.7. The van der Waals surface area contributed by atoms with E-state index in [-0.39, 0.29) is 11.6 Å². The van der Waals surface area contributed by atoms with Crippen LogP contribution in [0.1, 0.15) is 32.0 Å². The minimum absolute atomic E-state index is 0.156. The minimum atomic E-state index is -0.181. The van der Waals surface area contributed by atoms with Crippen molar-refractivity contribution in [2.24, 2.45) is 0 Å². The molecule has 0 radical (unpaired) electrons. The highest BCUT2D eigenvalue weighted by Crippen LogP contribution is 2.17. The maximum atomic E-state index is 12.5. The molecular weight excluding hydrogens is 262 g/mol. The number of hydrogen-bond donors (Lipinski definition) is 1. The standard InChI is InChI=1S/C18H13NO2/c20-17(13-7-3-1-4-8-13)15-11-12-19-16(15)18(21)14-9-5-2-6-10-14/h1-12,19H. The van der Waals surface area contributed by atoms with Gasteiger partial charge in [0.25, 0.3) is 0 Å². The van der Waals surface area contributed by atoms with Crippen molar-refractivity contribution in [3.63, 3.8) is 0 Å². The number of carbonyl (C=O) groups is 2. The van der Waals surface area contributed by atoms with Crippen molar-refractivity contribution in [2.75, 3.05) is 0 Å². The maximum absolute atomic E-state index is 12.5. The minimum Gasteiger partial charge on any atom is -0.358 e. The van der Waals surface area contributed by atoms with Crippen LogP contribution in [0.25, 0.3) is 0 Å². The number of carbonyl (C=O) groups excluding carboxylic acids is 2. The van der Waals surface area contributed by atoms with Gasteiger partial charge < -0.3 is 4.98 Å². The molecule has 2 aromatic carbocycles. The van der Waals surface area contributed by atoms with Gasteiger partial charge in [0.05, 0.1) is 11.3 Å². The van der Waals surface area contributed by atoms with Gasteiger partial charge in [0.1, 0.15) is 0 Å². The van der Waals surface area contributed by atoms with E-state index < -0.39 is 0 Å². The smallest absolute Gasteiger partial charge is 0.209 e. The molecule has 0 spiro atoms. The lowest BCUT2D eigenvalue weighted by molar-refractivity contribution is 0.100. The lowest BCUT2D eigenvalue weighted by Crippen LogP contribution is -2.09. The molecule has 0 amide bonds. The van der Waals surface area contributed by atoms with Crippen molar-refractivity contribution in [3.8, 4) is 0 Å². The Kier molecular flexibility index (Phi) is 3.48. The Morgan fingerprint density at radius 1 is 0.667 bits per heavy atom. The average Bonchev–Trinajstić information content (AvgIpc) is 3.04. The molecule has 1 aromatic heterocycles. The van der Waals surface area contributed by atoms with E-state index in [0.717, 1.165) is 0 Å². The summed E-state index contributed by atoms with van der Waals surface area (Å²) in [6.07, 6.45) is 1.62. The highest BCUT2D eigenvalue weighted by Gasteiger charge is 2.20. The van der Waals surface area contributed by atoms with Crippen LogP contribution in [0.3, 0.4) is 0 Å². The molecule has 0 unspecified atom stereocenters. The molecule has 1 heterocycles. The first-order valence-corrected chi connectivity index (χ1v) is 6.64. The summed E-state index contributed by atoms with van der Waals surface area (Å²) >= 11 is 0. The van der Waals surface area contributed by atoms with E-state index in [1.807, 2.05) is 12.1 Å². The SMILES string of the molecule is O=C(c1ccccc1)c1cc[nH]c1C(=O)c1ccccc1. The predicted octanol–water partition coefficient (Wildman–Crippen LogP) is 3.48. The number of hydrogen-bond acceptors (Lipinski definition) is 2. The molecule has 3 rings (SSSR count). The van der Waals surface area contributed by atoms with E-state index >= 15 is 0 Å². The van der Waals surface area contributed by atoms with Gasteiger partial charge in [0, 0.05) is 17.3 Å². The molecule has 0 fully saturated rings. The van der Waals surface area contributed by atoms with E-state index in [0.29, 0.717) is 22.4 Å². The van der Waals surface area contributed by atoms with Crippen LogP contribution in [-0.4, -0.2) is 16.6 Å². The molecule has 1 N–H and O–H groups in total. The molecular formula is C18H13NO2. The van der Waals surface area contributed by atoms with Gasteiger partial charge in [-0.2, -0.15) is 0 Å². The lowest BCUT2D eigenvalue weighted by atomic mass is 9.99. The predicted molar refractivity (Wildman–Crippen MR) is 80.5 cm³/mol. The van der Waals surface area contributed by atoms with Crippen LogP contribution in [0.15, 0.2) is 72.9 Å². The van der Waals surface area contributed by atoms with Gasteiger partial charge in [-0.05, 0) is 6.07 Å². The number of rotatable bonds is 4. The summed E-state index contributed by atoms with van der Waals surface area (Å²) in [6.45, 7) is 0. The Bertz CT molecular complexity index is 707. The first kappa shape index (κ1) is 13.1. The second-order valence-electron chi connectivity index (χ2n) is 4.66. The molecule has 0 bridgehead atoms. The van der Waals surface area contributed by atoms with E-state index in [1.165, 1.54) is 0 Å². The Balaban J connectivity index is 1.99. The molecule has 21 heavy (non-hydrogen) atoms. The van der Waals surface area contributed by atoms with Crippen LogP contribution in [0, 0.1) is 0 Å². The third kappa shape index (κ3) is 2.54. The summed E-state index contributed by atoms with van der Waals surface area (Å²) in [5.41, 5.74) is 1.85. The van der Waals surface area contributed by atoms with E-state index in [2.05, 4.69) is 4.98 Å². The summed E-state index contributed by atoms with van der Waals surface area (Å²) in [4.78, 5) is 27.9. The number of H-pyrrole nitrogens is 1. The molecule has 0 saturated carbocycles. The third-order valence-electron chi connectivity index (χ3n) is 3.29. The van der Waals surface area contributed by atoms with Gasteiger partial charge in [-0.1, -0.05) is 60.7 Å². The second kappa shape index (κ2) is 5.59. The summed E-state index contributed by atoms with van der Waals surface area (Å²) in [5.74, 6) is -0.337. The van der Waals surface area contributed by atoms with Crippen LogP contribution in [-0.2, 0) is 0 Å². The fourth-order valence-electron chi connectivity index (χ4n) is 2.23. The Hall–Kier alpha value is -2.94. The van der Waals surface area contributed by atoms with Crippen LogP contribution < -0.4 is 0 Å². The molecule has 0 aliphatic heterocycles. The fourth-order valence-corrected chi connectivity index (χ4v) is 2.23. The van der Waals surface area contributed by atoms with Crippen molar-refractivity contribution < 1.29 is 9.59 Å². The molecule has 3 nitrogen and oxygen atoms in total. The van der Waals surface area contributed by atoms with Crippen LogP contribution >= 0.6 is 0 Å². The maximum Gasteiger partial charge on any atom is 0.209 e. The van der Waals surface area contributed by atoms with Gasteiger partial charge in [-0.15, -0.1) is 0 Å². The topological polar surface area (TPSA) is 49.9 Å². The normalized spacial score (nSPS) is 10.3. The van der Waals surface area contributed by atoms with Gasteiger partial charge in [0.15, 0.2) is 5.78 Å². The fraction of sp³-hybridized carbons (Fsp3) is 0. The summed E-state index contributed by atoms with van der Waals surface area (Å²) in [5, 5.41) is 0. The number of ketones is 2. The van der Waals surface area contributed by atoms with Gasteiger partial charge in [-0.3, -0.25) is 9.59 Å². The van der Waals surface area contributed by atoms with Crippen LogP contribution in [0.5, 0.6) is 0 Å². The average molecular weight is 275 g/mol. The second-order valence-corrected chi connectivity index (χ2v) is 4.66. The van der Waals surface area contributed by atoms with E-state index in [4.69, 9.17) is 0 Å². The zero-order valence-electron chi connectivity index (χ0n) is 11.2. The number of aromatic nitrogens is 1. The first-order valence-electron chi connectivity index (χ1n) is 6.64. The van der Waals surface area contributed by atoms with Gasteiger partial charge in [-0.25, -0.2) is 0 Å². The van der Waals surface area contributed by atoms with Crippen molar-refractivity contribution in [1.82, 2.24) is 4.98 Å². The van der Waals surface area contributed by atoms with Crippen molar-refractivity contribution >= 4 is 11.6 Å². The van der Waals surface area contributed by atoms with Gasteiger partial charge in [0.2, 0.25) is 5.78 Å². The quantitative estimate of drug-likeness (QED) is 0.741. The number of benzene rings is 2. The molecule has 0 aliphatic rings. The van der Waals surface area contributed by atoms with Crippen molar-refractivity contribution in [1.29, 1.82) is 0 Å². The number of aromatic amines is 1. The molecule has 3 aromatic rings. The van der Waals surface area contributed by atoms with Gasteiger partial charge >= 0.3 is 0 Å². The van der Waals surface area contributed by atoms with E-state index in [1.54, 1.807) is 60.8 Å². The Labute approximate surface area is 122 Å². The van der Waals surface area contributed by atoms with Crippen molar-refractivity contribution in [3.05, 3.63) is 95.3 Å². The molecule has 0 saturated heterocycles. The molecule has 0 aliphatic carbocycles.